The molecule has 2 N–H and O–H groups in total. The molecule has 0 aliphatic rings. The van der Waals surface area contributed by atoms with Crippen molar-refractivity contribution in [1.29, 1.82) is 0 Å². The highest BCUT2D eigenvalue weighted by Crippen LogP contribution is 2.23. The number of benzene rings is 4. The maximum Gasteiger partial charge on any atom is 0.255 e. The summed E-state index contributed by atoms with van der Waals surface area (Å²) in [5.74, 6) is 0.347. The van der Waals surface area contributed by atoms with Gasteiger partial charge in [0.1, 0.15) is 0 Å². The van der Waals surface area contributed by atoms with Gasteiger partial charge in [0.05, 0.1) is 11.3 Å². The van der Waals surface area contributed by atoms with E-state index in [0.717, 1.165) is 16.9 Å². The van der Waals surface area contributed by atoms with Crippen molar-refractivity contribution >= 4 is 29.3 Å². The summed E-state index contributed by atoms with van der Waals surface area (Å²) in [6.07, 6.45) is 0. The summed E-state index contributed by atoms with van der Waals surface area (Å²) in [4.78, 5) is 26.7. The van der Waals surface area contributed by atoms with Gasteiger partial charge in [0.15, 0.2) is 0 Å². The summed E-state index contributed by atoms with van der Waals surface area (Å²) in [6.45, 7) is 0.421. The van der Waals surface area contributed by atoms with Crippen molar-refractivity contribution in [2.75, 3.05) is 5.32 Å². The highest BCUT2D eigenvalue weighted by Gasteiger charge is 2.14. The Bertz CT molecular complexity index is 1210. The molecule has 5 heteroatoms. The van der Waals surface area contributed by atoms with Crippen LogP contribution in [0.15, 0.2) is 114 Å². The lowest BCUT2D eigenvalue weighted by atomic mass is 10.1. The van der Waals surface area contributed by atoms with Crippen molar-refractivity contribution < 1.29 is 9.59 Å². The fourth-order valence-electron chi connectivity index (χ4n) is 3.29. The molecular formula is C28H24N2O2S. The molecule has 0 saturated heterocycles. The van der Waals surface area contributed by atoms with Gasteiger partial charge in [-0.3, -0.25) is 9.59 Å². The molecule has 0 radical (unpaired) electrons. The van der Waals surface area contributed by atoms with E-state index in [1.54, 1.807) is 36.0 Å². The van der Waals surface area contributed by atoms with Gasteiger partial charge in [0.25, 0.3) is 11.8 Å². The van der Waals surface area contributed by atoms with Crippen molar-refractivity contribution in [2.24, 2.45) is 0 Å². The molecule has 4 aromatic rings. The molecule has 4 rings (SSSR count). The van der Waals surface area contributed by atoms with Crippen LogP contribution >= 0.6 is 11.8 Å². The third-order valence-corrected chi connectivity index (χ3v) is 6.16. The van der Waals surface area contributed by atoms with Crippen LogP contribution in [0, 0.1) is 0 Å². The monoisotopic (exact) mass is 452 g/mol. The van der Waals surface area contributed by atoms with Crippen LogP contribution in [0.5, 0.6) is 0 Å². The minimum Gasteiger partial charge on any atom is -0.348 e. The quantitative estimate of drug-likeness (QED) is 0.315. The average molecular weight is 453 g/mol. The van der Waals surface area contributed by atoms with Crippen molar-refractivity contribution in [3.05, 3.63) is 131 Å². The minimum absolute atomic E-state index is 0.233. The Kier molecular flexibility index (Phi) is 7.56. The Labute approximate surface area is 198 Å². The lowest BCUT2D eigenvalue weighted by molar-refractivity contribution is 0.0952. The fraction of sp³-hybridized carbons (Fsp3) is 0.0714. The van der Waals surface area contributed by atoms with Gasteiger partial charge < -0.3 is 10.6 Å². The van der Waals surface area contributed by atoms with E-state index in [1.165, 1.54) is 4.90 Å². The molecule has 0 spiro atoms. The van der Waals surface area contributed by atoms with Gasteiger partial charge in [-0.15, -0.1) is 11.8 Å². The van der Waals surface area contributed by atoms with E-state index in [9.17, 15) is 9.59 Å². The zero-order valence-electron chi connectivity index (χ0n) is 18.0. The first-order valence-electron chi connectivity index (χ1n) is 10.7. The second kappa shape index (κ2) is 11.2. The van der Waals surface area contributed by atoms with E-state index >= 15 is 0 Å². The van der Waals surface area contributed by atoms with Crippen molar-refractivity contribution in [3.8, 4) is 0 Å². The molecular weight excluding hydrogens is 428 g/mol. The van der Waals surface area contributed by atoms with E-state index in [-0.39, 0.29) is 11.8 Å². The van der Waals surface area contributed by atoms with Crippen LogP contribution < -0.4 is 10.6 Å². The number of hydrogen-bond acceptors (Lipinski definition) is 3. The van der Waals surface area contributed by atoms with E-state index in [4.69, 9.17) is 0 Å². The molecule has 0 heterocycles. The zero-order chi connectivity index (χ0) is 22.9. The van der Waals surface area contributed by atoms with Crippen LogP contribution in [0.1, 0.15) is 31.8 Å². The topological polar surface area (TPSA) is 58.2 Å². The van der Waals surface area contributed by atoms with Crippen LogP contribution in [0.4, 0.5) is 5.69 Å². The Balaban J connectivity index is 1.37. The van der Waals surface area contributed by atoms with Gasteiger partial charge in [0, 0.05) is 22.8 Å². The Morgan fingerprint density at radius 2 is 1.27 bits per heavy atom. The predicted octanol–water partition coefficient (Wildman–Crippen LogP) is 6.16. The van der Waals surface area contributed by atoms with Gasteiger partial charge in [0.2, 0.25) is 0 Å². The predicted molar refractivity (Wildman–Crippen MR) is 134 cm³/mol. The second-order valence-electron chi connectivity index (χ2n) is 7.47. The highest BCUT2D eigenvalue weighted by atomic mass is 32.2. The van der Waals surface area contributed by atoms with Crippen LogP contribution in [0.3, 0.4) is 0 Å². The SMILES string of the molecule is O=C(Nc1ccccc1C(=O)NCc1ccccc1)c1ccc(CSc2ccccc2)cc1. The van der Waals surface area contributed by atoms with E-state index in [0.29, 0.717) is 23.4 Å². The number of para-hydroxylation sites is 1. The number of thioether (sulfide) groups is 1. The lowest BCUT2D eigenvalue weighted by Crippen LogP contribution is -2.24. The van der Waals surface area contributed by atoms with Gasteiger partial charge in [-0.2, -0.15) is 0 Å². The lowest BCUT2D eigenvalue weighted by Gasteiger charge is -2.12. The summed E-state index contributed by atoms with van der Waals surface area (Å²) in [5, 5.41) is 5.79. The third kappa shape index (κ3) is 6.34. The number of carbonyl (C=O) groups is 2. The molecule has 0 unspecified atom stereocenters. The first-order chi connectivity index (χ1) is 16.2. The van der Waals surface area contributed by atoms with Crippen molar-refractivity contribution in [1.82, 2.24) is 5.32 Å². The zero-order valence-corrected chi connectivity index (χ0v) is 18.8. The molecule has 0 aliphatic carbocycles. The summed E-state index contributed by atoms with van der Waals surface area (Å²) >= 11 is 1.75. The van der Waals surface area contributed by atoms with Gasteiger partial charge in [-0.05, 0) is 47.5 Å². The maximum atomic E-state index is 12.8. The largest absolute Gasteiger partial charge is 0.348 e. The number of rotatable bonds is 8. The first kappa shape index (κ1) is 22.4. The Morgan fingerprint density at radius 3 is 2.00 bits per heavy atom. The smallest absolute Gasteiger partial charge is 0.255 e. The van der Waals surface area contributed by atoms with Crippen LogP contribution in [-0.4, -0.2) is 11.8 Å². The molecule has 0 bridgehead atoms. The Hall–Kier alpha value is -3.83. The minimum atomic E-state index is -0.249. The Morgan fingerprint density at radius 1 is 0.636 bits per heavy atom. The highest BCUT2D eigenvalue weighted by molar-refractivity contribution is 7.98. The van der Waals surface area contributed by atoms with Gasteiger partial charge in [-0.25, -0.2) is 0 Å². The molecule has 33 heavy (non-hydrogen) atoms. The number of hydrogen-bond donors (Lipinski definition) is 2. The second-order valence-corrected chi connectivity index (χ2v) is 8.52. The third-order valence-electron chi connectivity index (χ3n) is 5.08. The molecule has 0 saturated carbocycles. The van der Waals surface area contributed by atoms with Crippen molar-refractivity contribution in [2.45, 2.75) is 17.2 Å². The van der Waals surface area contributed by atoms with Crippen molar-refractivity contribution in [3.63, 3.8) is 0 Å². The molecule has 164 valence electrons. The van der Waals surface area contributed by atoms with E-state index in [2.05, 4.69) is 22.8 Å². The average Bonchev–Trinajstić information content (AvgIpc) is 2.88. The molecule has 0 aliphatic heterocycles. The van der Waals surface area contributed by atoms with E-state index < -0.39 is 0 Å². The number of amides is 2. The number of carbonyl (C=O) groups excluding carboxylic acids is 2. The van der Waals surface area contributed by atoms with Crippen LogP contribution in [0.2, 0.25) is 0 Å². The molecule has 2 amide bonds. The molecule has 0 fully saturated rings. The molecule has 0 aromatic heterocycles. The normalized spacial score (nSPS) is 10.4. The number of nitrogens with one attached hydrogen (secondary N) is 2. The number of anilines is 1. The van der Waals surface area contributed by atoms with Crippen LogP contribution in [0.25, 0.3) is 0 Å². The first-order valence-corrected chi connectivity index (χ1v) is 11.7. The summed E-state index contributed by atoms with van der Waals surface area (Å²) in [5.41, 5.74) is 3.61. The fourth-order valence-corrected chi connectivity index (χ4v) is 4.17. The molecule has 0 atom stereocenters. The summed E-state index contributed by atoms with van der Waals surface area (Å²) in [7, 11) is 0. The standard InChI is InChI=1S/C28H24N2O2S/c31-27(23-17-15-22(16-18-23)20-33-24-11-5-2-6-12-24)30-26-14-8-7-13-25(26)28(32)29-19-21-9-3-1-4-10-21/h1-18H,19-20H2,(H,29,32)(H,30,31). The summed E-state index contributed by atoms with van der Waals surface area (Å²) in [6, 6.07) is 34.5. The van der Waals surface area contributed by atoms with Crippen LogP contribution in [-0.2, 0) is 12.3 Å². The van der Waals surface area contributed by atoms with E-state index in [1.807, 2.05) is 72.8 Å². The maximum absolute atomic E-state index is 12.8. The molecule has 4 aromatic carbocycles. The molecule has 4 nitrogen and oxygen atoms in total. The van der Waals surface area contributed by atoms with Gasteiger partial charge in [-0.1, -0.05) is 72.8 Å². The van der Waals surface area contributed by atoms with Gasteiger partial charge >= 0.3 is 0 Å². The summed E-state index contributed by atoms with van der Waals surface area (Å²) < 4.78 is 0.